The van der Waals surface area contributed by atoms with Gasteiger partial charge in [-0.3, -0.25) is 14.5 Å². The largest absolute Gasteiger partial charge is 0.381 e. The van der Waals surface area contributed by atoms with Gasteiger partial charge in [0, 0.05) is 61.4 Å². The number of carbonyl (C=O) groups excluding carboxylic acids is 1. The van der Waals surface area contributed by atoms with E-state index in [-0.39, 0.29) is 18.0 Å². The van der Waals surface area contributed by atoms with Gasteiger partial charge in [-0.25, -0.2) is 0 Å². The number of aromatic amines is 1. The number of rotatable bonds is 9. The molecule has 1 aromatic heterocycles. The second-order valence-corrected chi connectivity index (χ2v) is 11.2. The average Bonchev–Trinajstić information content (AvgIpc) is 2.92. The van der Waals surface area contributed by atoms with Crippen molar-refractivity contribution in [2.75, 3.05) is 37.7 Å². The van der Waals surface area contributed by atoms with Crippen molar-refractivity contribution < 1.29 is 9.53 Å². The van der Waals surface area contributed by atoms with Gasteiger partial charge >= 0.3 is 0 Å². The van der Waals surface area contributed by atoms with Crippen LogP contribution in [0, 0.1) is 20.8 Å². The molecule has 2 saturated heterocycles. The van der Waals surface area contributed by atoms with Crippen LogP contribution in [0.5, 0.6) is 0 Å². The van der Waals surface area contributed by atoms with Crippen molar-refractivity contribution in [3.05, 3.63) is 86.3 Å². The summed E-state index contributed by atoms with van der Waals surface area (Å²) in [5, 5.41) is 3.13. The standard InChI is InChI=1S/C33H42N4O3/c1-5-37(26-12-16-40-17-13-26)30-19-27(25-10-7-6-8-11-25)29(21-36-14-9-15-36)31(24(30)4)33(39)34-20-28-22(2)18-23(3)35-32(28)38/h6-8,10-11,18-19,26H,5,9,12-17,20-21H2,1-4H3,(H,34,39)(H,35,38). The maximum absolute atomic E-state index is 14.2. The molecule has 7 nitrogen and oxygen atoms in total. The van der Waals surface area contributed by atoms with Crippen LogP contribution in [-0.2, 0) is 17.8 Å². The first-order chi connectivity index (χ1) is 19.4. The van der Waals surface area contributed by atoms with Crippen molar-refractivity contribution in [2.24, 2.45) is 0 Å². The highest BCUT2D eigenvalue weighted by Crippen LogP contribution is 2.38. The van der Waals surface area contributed by atoms with E-state index < -0.39 is 0 Å². The maximum atomic E-state index is 14.2. The number of pyridine rings is 1. The zero-order valence-corrected chi connectivity index (χ0v) is 24.3. The third-order valence-corrected chi connectivity index (χ3v) is 8.51. The number of ether oxygens (including phenoxy) is 1. The molecule has 3 aromatic rings. The molecule has 5 rings (SSSR count). The summed E-state index contributed by atoms with van der Waals surface area (Å²) in [4.78, 5) is 34.6. The van der Waals surface area contributed by atoms with Gasteiger partial charge in [-0.05, 0) is 100.0 Å². The summed E-state index contributed by atoms with van der Waals surface area (Å²) < 4.78 is 5.67. The van der Waals surface area contributed by atoms with Gasteiger partial charge in [-0.15, -0.1) is 0 Å². The lowest BCUT2D eigenvalue weighted by Gasteiger charge is -2.38. The number of carbonyl (C=O) groups is 1. The number of hydrogen-bond donors (Lipinski definition) is 2. The lowest BCUT2D eigenvalue weighted by Crippen LogP contribution is -2.41. The van der Waals surface area contributed by atoms with Crippen molar-refractivity contribution >= 4 is 11.6 Å². The summed E-state index contributed by atoms with van der Waals surface area (Å²) in [7, 11) is 0. The molecular weight excluding hydrogens is 500 g/mol. The quantitative estimate of drug-likeness (QED) is 0.393. The molecular formula is C33H42N4O3. The molecule has 2 aliphatic rings. The van der Waals surface area contributed by atoms with Gasteiger partial charge in [-0.1, -0.05) is 30.3 Å². The topological polar surface area (TPSA) is 77.7 Å². The number of H-pyrrole nitrogens is 1. The van der Waals surface area contributed by atoms with Gasteiger partial charge in [0.1, 0.15) is 0 Å². The van der Waals surface area contributed by atoms with Crippen LogP contribution >= 0.6 is 0 Å². The van der Waals surface area contributed by atoms with Crippen molar-refractivity contribution in [1.82, 2.24) is 15.2 Å². The molecule has 7 heteroatoms. The zero-order chi connectivity index (χ0) is 28.2. The number of likely N-dealkylation sites (tertiary alicyclic amines) is 1. The summed E-state index contributed by atoms with van der Waals surface area (Å²) in [5.74, 6) is -0.130. The monoisotopic (exact) mass is 542 g/mol. The molecule has 2 fully saturated rings. The first-order valence-electron chi connectivity index (χ1n) is 14.6. The fourth-order valence-electron chi connectivity index (χ4n) is 6.21. The second-order valence-electron chi connectivity index (χ2n) is 11.2. The molecule has 2 aromatic carbocycles. The Balaban J connectivity index is 1.62. The summed E-state index contributed by atoms with van der Waals surface area (Å²) in [6.07, 6.45) is 3.13. The molecule has 1 amide bonds. The molecule has 0 unspecified atom stereocenters. The van der Waals surface area contributed by atoms with Gasteiger partial charge in [0.2, 0.25) is 0 Å². The Morgan fingerprint density at radius 1 is 1.07 bits per heavy atom. The molecule has 40 heavy (non-hydrogen) atoms. The molecule has 0 saturated carbocycles. The van der Waals surface area contributed by atoms with Crippen LogP contribution in [0.4, 0.5) is 5.69 Å². The lowest BCUT2D eigenvalue weighted by atomic mass is 9.88. The predicted octanol–water partition coefficient (Wildman–Crippen LogP) is 5.11. The predicted molar refractivity (Wildman–Crippen MR) is 161 cm³/mol. The van der Waals surface area contributed by atoms with E-state index in [9.17, 15) is 9.59 Å². The number of aryl methyl sites for hydroxylation is 2. The third-order valence-electron chi connectivity index (χ3n) is 8.51. The molecule has 2 N–H and O–H groups in total. The fraction of sp³-hybridized carbons (Fsp3) is 0.455. The van der Waals surface area contributed by atoms with Crippen molar-refractivity contribution in [3.63, 3.8) is 0 Å². The van der Waals surface area contributed by atoms with Crippen LogP contribution in [-0.4, -0.2) is 54.7 Å². The van der Waals surface area contributed by atoms with Gasteiger partial charge in [-0.2, -0.15) is 0 Å². The van der Waals surface area contributed by atoms with Gasteiger partial charge in [0.15, 0.2) is 0 Å². The Bertz CT molecular complexity index is 1410. The van der Waals surface area contributed by atoms with Gasteiger partial charge < -0.3 is 19.9 Å². The number of aromatic nitrogens is 1. The van der Waals surface area contributed by atoms with Crippen LogP contribution in [0.15, 0.2) is 47.3 Å². The fourth-order valence-corrected chi connectivity index (χ4v) is 6.21. The lowest BCUT2D eigenvalue weighted by molar-refractivity contribution is 0.0845. The van der Waals surface area contributed by atoms with Crippen molar-refractivity contribution in [2.45, 2.75) is 66.1 Å². The van der Waals surface area contributed by atoms with E-state index in [4.69, 9.17) is 4.74 Å². The minimum atomic E-state index is -0.147. The van der Waals surface area contributed by atoms with Gasteiger partial charge in [0.25, 0.3) is 11.5 Å². The highest BCUT2D eigenvalue weighted by atomic mass is 16.5. The molecule has 0 spiro atoms. The van der Waals surface area contributed by atoms with E-state index in [0.717, 1.165) is 97.0 Å². The summed E-state index contributed by atoms with van der Waals surface area (Å²) in [6, 6.07) is 15.0. The number of benzene rings is 2. The van der Waals surface area contributed by atoms with Gasteiger partial charge in [0.05, 0.1) is 0 Å². The molecule has 0 bridgehead atoms. The van der Waals surface area contributed by atoms with Crippen LogP contribution in [0.3, 0.4) is 0 Å². The Labute approximate surface area is 237 Å². The summed E-state index contributed by atoms with van der Waals surface area (Å²) in [6.45, 7) is 13.4. The minimum absolute atomic E-state index is 0.130. The maximum Gasteiger partial charge on any atom is 0.253 e. The highest BCUT2D eigenvalue weighted by molar-refractivity contribution is 6.01. The molecule has 0 atom stereocenters. The Morgan fingerprint density at radius 2 is 1.80 bits per heavy atom. The Morgan fingerprint density at radius 3 is 2.42 bits per heavy atom. The highest BCUT2D eigenvalue weighted by Gasteiger charge is 2.29. The number of amides is 1. The normalized spacial score (nSPS) is 16.0. The molecule has 0 radical (unpaired) electrons. The first kappa shape index (κ1) is 28.1. The first-order valence-corrected chi connectivity index (χ1v) is 14.6. The zero-order valence-electron chi connectivity index (χ0n) is 24.3. The van der Waals surface area contributed by atoms with E-state index in [1.165, 1.54) is 6.42 Å². The van der Waals surface area contributed by atoms with Crippen molar-refractivity contribution in [1.29, 1.82) is 0 Å². The van der Waals surface area contributed by atoms with Crippen LogP contribution < -0.4 is 15.8 Å². The van der Waals surface area contributed by atoms with Crippen LogP contribution in [0.1, 0.15) is 64.5 Å². The van der Waals surface area contributed by atoms with Crippen molar-refractivity contribution in [3.8, 4) is 11.1 Å². The smallest absolute Gasteiger partial charge is 0.253 e. The molecule has 0 aliphatic carbocycles. The summed E-state index contributed by atoms with van der Waals surface area (Å²) in [5.41, 5.74) is 8.26. The Kier molecular flexibility index (Phi) is 8.72. The number of nitrogens with zero attached hydrogens (tertiary/aromatic N) is 2. The van der Waals surface area contributed by atoms with E-state index in [0.29, 0.717) is 11.6 Å². The number of nitrogens with one attached hydrogen (secondary N) is 2. The number of anilines is 1. The summed E-state index contributed by atoms with van der Waals surface area (Å²) >= 11 is 0. The third kappa shape index (κ3) is 5.86. The molecule has 212 valence electrons. The second kappa shape index (κ2) is 12.4. The molecule has 2 aliphatic heterocycles. The minimum Gasteiger partial charge on any atom is -0.381 e. The van der Waals surface area contributed by atoms with E-state index in [1.807, 2.05) is 26.0 Å². The van der Waals surface area contributed by atoms with Crippen LogP contribution in [0.2, 0.25) is 0 Å². The van der Waals surface area contributed by atoms with E-state index in [2.05, 4.69) is 64.3 Å². The van der Waals surface area contributed by atoms with Crippen LogP contribution in [0.25, 0.3) is 11.1 Å². The van der Waals surface area contributed by atoms with E-state index in [1.54, 1.807) is 0 Å². The SMILES string of the molecule is CCN(c1cc(-c2ccccc2)c(CN2CCC2)c(C(=O)NCc2c(C)cc(C)[nH]c2=O)c1C)C1CCOCC1. The van der Waals surface area contributed by atoms with E-state index >= 15 is 0 Å². The number of hydrogen-bond acceptors (Lipinski definition) is 5. The average molecular weight is 543 g/mol. The Hall–Kier alpha value is -3.42. The molecule has 3 heterocycles.